The second kappa shape index (κ2) is 4.06. The van der Waals surface area contributed by atoms with E-state index in [2.05, 4.69) is 0 Å². The Morgan fingerprint density at radius 2 is 1.94 bits per heavy atom. The van der Waals surface area contributed by atoms with Gasteiger partial charge in [0.25, 0.3) is 0 Å². The molecule has 3 heteroatoms. The third-order valence-electron chi connectivity index (χ3n) is 3.82. The monoisotopic (exact) mass is 232 g/mol. The second-order valence-electron chi connectivity index (χ2n) is 4.98. The summed E-state index contributed by atoms with van der Waals surface area (Å²) in [5.41, 5.74) is 0.623. The van der Waals surface area contributed by atoms with Gasteiger partial charge < -0.3 is 9.84 Å². The fraction of sp³-hybridized carbons (Fsp3) is 0.500. The Hall–Kier alpha value is -1.51. The number of fused-ring (bicyclic) bond motifs is 1. The van der Waals surface area contributed by atoms with E-state index in [1.165, 1.54) is 25.3 Å². The average molecular weight is 232 g/mol. The lowest BCUT2D eigenvalue weighted by molar-refractivity contribution is 0.0707. The van der Waals surface area contributed by atoms with Gasteiger partial charge in [-0.1, -0.05) is 19.3 Å². The number of phenolic OH excluding ortho intramolecular Hbond substituents is 1. The van der Waals surface area contributed by atoms with Gasteiger partial charge in [-0.05, 0) is 25.0 Å². The van der Waals surface area contributed by atoms with Crippen molar-refractivity contribution in [2.45, 2.75) is 38.2 Å². The van der Waals surface area contributed by atoms with E-state index in [4.69, 9.17) is 4.74 Å². The van der Waals surface area contributed by atoms with Gasteiger partial charge in [0.1, 0.15) is 11.5 Å². The standard InChI is InChI=1S/C14H16O3/c15-10-6-7-11-12(8-10)17-14(13(11)16)9-4-2-1-3-5-9/h6-9,14-15H,1-5H2/t14-/m1/s1. The normalized spacial score (nSPS) is 24.5. The highest BCUT2D eigenvalue weighted by atomic mass is 16.5. The van der Waals surface area contributed by atoms with Crippen LogP contribution in [0.2, 0.25) is 0 Å². The van der Waals surface area contributed by atoms with Crippen molar-refractivity contribution in [3.05, 3.63) is 23.8 Å². The van der Waals surface area contributed by atoms with Gasteiger partial charge in [0, 0.05) is 12.0 Å². The second-order valence-corrected chi connectivity index (χ2v) is 4.98. The van der Waals surface area contributed by atoms with Gasteiger partial charge in [0.05, 0.1) is 5.56 Å². The molecular formula is C14H16O3. The molecule has 1 saturated carbocycles. The molecule has 1 heterocycles. The van der Waals surface area contributed by atoms with E-state index in [0.717, 1.165) is 12.8 Å². The fourth-order valence-electron chi connectivity index (χ4n) is 2.90. The van der Waals surface area contributed by atoms with E-state index in [1.54, 1.807) is 12.1 Å². The van der Waals surface area contributed by atoms with Crippen molar-refractivity contribution in [2.24, 2.45) is 5.92 Å². The van der Waals surface area contributed by atoms with Crippen LogP contribution >= 0.6 is 0 Å². The molecule has 0 amide bonds. The summed E-state index contributed by atoms with van der Waals surface area (Å²) in [6.07, 6.45) is 5.50. The van der Waals surface area contributed by atoms with Gasteiger partial charge >= 0.3 is 0 Å². The summed E-state index contributed by atoms with van der Waals surface area (Å²) >= 11 is 0. The van der Waals surface area contributed by atoms with Gasteiger partial charge in [0.2, 0.25) is 5.78 Å². The molecule has 0 spiro atoms. The lowest BCUT2D eigenvalue weighted by atomic mass is 9.83. The Kier molecular flexibility index (Phi) is 2.54. The topological polar surface area (TPSA) is 46.5 Å². The molecule has 1 N–H and O–H groups in total. The number of benzene rings is 1. The van der Waals surface area contributed by atoms with Crippen LogP contribution < -0.4 is 4.74 Å². The van der Waals surface area contributed by atoms with Gasteiger partial charge in [-0.25, -0.2) is 0 Å². The quantitative estimate of drug-likeness (QED) is 0.809. The molecule has 1 aliphatic heterocycles. The van der Waals surface area contributed by atoms with Crippen LogP contribution in [0.25, 0.3) is 0 Å². The van der Waals surface area contributed by atoms with Crippen LogP contribution in [0.15, 0.2) is 18.2 Å². The molecule has 90 valence electrons. The summed E-state index contributed by atoms with van der Waals surface area (Å²) in [5.74, 6) is 1.14. The molecule has 1 atom stereocenters. The molecule has 0 saturated heterocycles. The predicted molar refractivity (Wildman–Crippen MR) is 63.4 cm³/mol. The summed E-state index contributed by atoms with van der Waals surface area (Å²) in [7, 11) is 0. The van der Waals surface area contributed by atoms with Gasteiger partial charge in [-0.2, -0.15) is 0 Å². The van der Waals surface area contributed by atoms with E-state index in [9.17, 15) is 9.90 Å². The van der Waals surface area contributed by atoms with Crippen molar-refractivity contribution in [3.8, 4) is 11.5 Å². The molecule has 3 nitrogen and oxygen atoms in total. The Morgan fingerprint density at radius 1 is 1.18 bits per heavy atom. The SMILES string of the molecule is O=C1c2ccc(O)cc2O[C@@H]1C1CCCCC1. The zero-order chi connectivity index (χ0) is 11.8. The zero-order valence-electron chi connectivity index (χ0n) is 9.69. The molecule has 0 radical (unpaired) electrons. The number of carbonyl (C=O) groups excluding carboxylic acids is 1. The molecule has 0 unspecified atom stereocenters. The van der Waals surface area contributed by atoms with Crippen molar-refractivity contribution >= 4 is 5.78 Å². The highest BCUT2D eigenvalue weighted by Gasteiger charge is 2.38. The maximum atomic E-state index is 12.2. The fourth-order valence-corrected chi connectivity index (χ4v) is 2.90. The first-order chi connectivity index (χ1) is 8.25. The van der Waals surface area contributed by atoms with E-state index in [-0.39, 0.29) is 17.6 Å². The number of rotatable bonds is 1. The van der Waals surface area contributed by atoms with Crippen LogP contribution in [0.5, 0.6) is 11.5 Å². The lowest BCUT2D eigenvalue weighted by Gasteiger charge is -2.25. The van der Waals surface area contributed by atoms with E-state index < -0.39 is 0 Å². The number of phenols is 1. The molecule has 1 aromatic carbocycles. The van der Waals surface area contributed by atoms with E-state index in [1.807, 2.05) is 0 Å². The molecule has 1 fully saturated rings. The van der Waals surface area contributed by atoms with Crippen LogP contribution in [0.4, 0.5) is 0 Å². The van der Waals surface area contributed by atoms with Crippen LogP contribution in [0.3, 0.4) is 0 Å². The highest BCUT2D eigenvalue weighted by Crippen LogP contribution is 2.38. The Labute approximate surface area is 100 Å². The zero-order valence-corrected chi connectivity index (χ0v) is 9.69. The molecule has 2 aliphatic rings. The number of hydrogen-bond donors (Lipinski definition) is 1. The van der Waals surface area contributed by atoms with Crippen LogP contribution in [0.1, 0.15) is 42.5 Å². The molecular weight excluding hydrogens is 216 g/mol. The first-order valence-corrected chi connectivity index (χ1v) is 6.29. The molecule has 0 bridgehead atoms. The van der Waals surface area contributed by atoms with Gasteiger partial charge in [-0.15, -0.1) is 0 Å². The number of ether oxygens (including phenoxy) is 1. The molecule has 3 rings (SSSR count). The smallest absolute Gasteiger partial charge is 0.207 e. The third kappa shape index (κ3) is 1.79. The van der Waals surface area contributed by atoms with Gasteiger partial charge in [0.15, 0.2) is 6.10 Å². The van der Waals surface area contributed by atoms with E-state index in [0.29, 0.717) is 17.2 Å². The summed E-state index contributed by atoms with van der Waals surface area (Å²) in [4.78, 5) is 12.2. The minimum Gasteiger partial charge on any atom is -0.508 e. The lowest BCUT2D eigenvalue weighted by Crippen LogP contribution is -2.31. The summed E-state index contributed by atoms with van der Waals surface area (Å²) in [6, 6.07) is 4.75. The maximum absolute atomic E-state index is 12.2. The summed E-state index contributed by atoms with van der Waals surface area (Å²) in [5, 5.41) is 9.39. The van der Waals surface area contributed by atoms with Crippen molar-refractivity contribution in [1.29, 1.82) is 0 Å². The first-order valence-electron chi connectivity index (χ1n) is 6.29. The van der Waals surface area contributed by atoms with Crippen LogP contribution in [-0.4, -0.2) is 17.0 Å². The molecule has 1 aromatic rings. The summed E-state index contributed by atoms with van der Waals surface area (Å²) in [6.45, 7) is 0. The molecule has 1 aliphatic carbocycles. The molecule has 0 aromatic heterocycles. The maximum Gasteiger partial charge on any atom is 0.207 e. The predicted octanol–water partition coefficient (Wildman–Crippen LogP) is 2.92. The third-order valence-corrected chi connectivity index (χ3v) is 3.82. The number of aromatic hydroxyl groups is 1. The minimum atomic E-state index is -0.313. The highest BCUT2D eigenvalue weighted by molar-refractivity contribution is 6.04. The summed E-state index contributed by atoms with van der Waals surface area (Å²) < 4.78 is 5.73. The number of ketones is 1. The Balaban J connectivity index is 1.85. The van der Waals surface area contributed by atoms with Crippen molar-refractivity contribution in [1.82, 2.24) is 0 Å². The minimum absolute atomic E-state index is 0.0897. The first kappa shape index (κ1) is 10.6. The number of Topliss-reactive ketones (excluding diaryl/α,β-unsaturated/α-hetero) is 1. The van der Waals surface area contributed by atoms with Crippen molar-refractivity contribution in [2.75, 3.05) is 0 Å². The van der Waals surface area contributed by atoms with Crippen LogP contribution in [-0.2, 0) is 0 Å². The average Bonchev–Trinajstić information content (AvgIpc) is 2.67. The van der Waals surface area contributed by atoms with Crippen LogP contribution in [0, 0.1) is 5.92 Å². The Morgan fingerprint density at radius 3 is 2.71 bits per heavy atom. The van der Waals surface area contributed by atoms with Crippen molar-refractivity contribution in [3.63, 3.8) is 0 Å². The largest absolute Gasteiger partial charge is 0.508 e. The number of carbonyl (C=O) groups is 1. The molecule has 17 heavy (non-hydrogen) atoms. The number of hydrogen-bond acceptors (Lipinski definition) is 3. The Bertz CT molecular complexity index is 447. The van der Waals surface area contributed by atoms with Gasteiger partial charge in [-0.3, -0.25) is 4.79 Å². The van der Waals surface area contributed by atoms with Crippen molar-refractivity contribution < 1.29 is 14.6 Å². The van der Waals surface area contributed by atoms with E-state index >= 15 is 0 Å².